The van der Waals surface area contributed by atoms with Crippen molar-refractivity contribution in [3.05, 3.63) is 34.3 Å². The molecule has 0 aliphatic carbocycles. The lowest BCUT2D eigenvalue weighted by Gasteiger charge is -2.23. The summed E-state index contributed by atoms with van der Waals surface area (Å²) in [7, 11) is 0. The van der Waals surface area contributed by atoms with Gasteiger partial charge in [0, 0.05) is 23.0 Å². The van der Waals surface area contributed by atoms with Crippen molar-refractivity contribution in [2.75, 3.05) is 6.54 Å². The van der Waals surface area contributed by atoms with Crippen LogP contribution in [0.1, 0.15) is 28.8 Å². The molecule has 0 aromatic heterocycles. The van der Waals surface area contributed by atoms with Crippen LogP contribution >= 0.6 is 11.6 Å². The Labute approximate surface area is 81.9 Å². The predicted octanol–water partition coefficient (Wildman–Crippen LogP) is 2.19. The molecule has 1 unspecified atom stereocenters. The number of hydrogen-bond acceptors (Lipinski definition) is 1. The molecule has 0 spiro atoms. The molecule has 0 fully saturated rings. The molecule has 1 atom stereocenters. The normalized spacial score (nSPS) is 20.8. The highest BCUT2D eigenvalue weighted by atomic mass is 35.5. The maximum Gasteiger partial charge on any atom is 0.251 e. The molecule has 1 heterocycles. The Morgan fingerprint density at radius 3 is 3.00 bits per heavy atom. The highest BCUT2D eigenvalue weighted by Crippen LogP contribution is 2.30. The van der Waals surface area contributed by atoms with Crippen LogP contribution in [0.5, 0.6) is 0 Å². The minimum absolute atomic E-state index is 0.0180. The molecule has 1 aromatic carbocycles. The summed E-state index contributed by atoms with van der Waals surface area (Å²) >= 11 is 6.02. The van der Waals surface area contributed by atoms with E-state index in [0.717, 1.165) is 5.56 Å². The van der Waals surface area contributed by atoms with Gasteiger partial charge in [0.2, 0.25) is 0 Å². The average Bonchev–Trinajstić information content (AvgIpc) is 2.12. The molecule has 2 rings (SSSR count). The first-order chi connectivity index (χ1) is 6.20. The SMILES string of the molecule is CC1CNC(=O)c2cccc(Cl)c21. The number of hydrogen-bond donors (Lipinski definition) is 1. The Morgan fingerprint density at radius 2 is 2.31 bits per heavy atom. The molecule has 0 saturated heterocycles. The Bertz CT molecular complexity index is 362. The maximum atomic E-state index is 11.4. The molecule has 1 amide bonds. The maximum absolute atomic E-state index is 11.4. The van der Waals surface area contributed by atoms with Crippen molar-refractivity contribution in [2.45, 2.75) is 12.8 Å². The van der Waals surface area contributed by atoms with Crippen LogP contribution in [0.3, 0.4) is 0 Å². The van der Waals surface area contributed by atoms with Crippen LogP contribution in [0.4, 0.5) is 0 Å². The number of rotatable bonds is 0. The summed E-state index contributed by atoms with van der Waals surface area (Å²) in [6.45, 7) is 2.74. The van der Waals surface area contributed by atoms with Crippen LogP contribution in [0.15, 0.2) is 18.2 Å². The standard InChI is InChI=1S/C10H10ClNO/c1-6-5-12-10(13)7-3-2-4-8(11)9(6)7/h2-4,6H,5H2,1H3,(H,12,13). The van der Waals surface area contributed by atoms with Gasteiger partial charge in [-0.3, -0.25) is 4.79 Å². The Kier molecular flexibility index (Phi) is 2.00. The van der Waals surface area contributed by atoms with E-state index in [9.17, 15) is 4.79 Å². The number of halogens is 1. The summed E-state index contributed by atoms with van der Waals surface area (Å²) in [5.74, 6) is 0.289. The average molecular weight is 196 g/mol. The summed E-state index contributed by atoms with van der Waals surface area (Å²) < 4.78 is 0. The van der Waals surface area contributed by atoms with Gasteiger partial charge in [-0.1, -0.05) is 24.6 Å². The van der Waals surface area contributed by atoms with E-state index in [1.54, 1.807) is 6.07 Å². The second-order valence-electron chi connectivity index (χ2n) is 3.31. The molecule has 1 aliphatic heterocycles. The van der Waals surface area contributed by atoms with Gasteiger partial charge in [-0.2, -0.15) is 0 Å². The van der Waals surface area contributed by atoms with Gasteiger partial charge in [0.1, 0.15) is 0 Å². The topological polar surface area (TPSA) is 29.1 Å². The van der Waals surface area contributed by atoms with Crippen LogP contribution in [0.25, 0.3) is 0 Å². The van der Waals surface area contributed by atoms with Gasteiger partial charge >= 0.3 is 0 Å². The Hall–Kier alpha value is -1.02. The number of amides is 1. The van der Waals surface area contributed by atoms with E-state index in [1.165, 1.54) is 0 Å². The number of carbonyl (C=O) groups excluding carboxylic acids is 1. The van der Waals surface area contributed by atoms with E-state index in [4.69, 9.17) is 11.6 Å². The van der Waals surface area contributed by atoms with Crippen molar-refractivity contribution in [1.82, 2.24) is 5.32 Å². The van der Waals surface area contributed by atoms with Crippen LogP contribution in [-0.2, 0) is 0 Å². The lowest BCUT2D eigenvalue weighted by atomic mass is 9.92. The number of nitrogens with one attached hydrogen (secondary N) is 1. The first-order valence-corrected chi connectivity index (χ1v) is 4.64. The largest absolute Gasteiger partial charge is 0.351 e. The Morgan fingerprint density at radius 1 is 1.54 bits per heavy atom. The zero-order valence-electron chi connectivity index (χ0n) is 7.30. The smallest absolute Gasteiger partial charge is 0.251 e. The van der Waals surface area contributed by atoms with Crippen LogP contribution < -0.4 is 5.32 Å². The van der Waals surface area contributed by atoms with Gasteiger partial charge in [-0.25, -0.2) is 0 Å². The number of carbonyl (C=O) groups is 1. The molecule has 1 aliphatic rings. The lowest BCUT2D eigenvalue weighted by Crippen LogP contribution is -2.34. The quantitative estimate of drug-likeness (QED) is 0.676. The summed E-state index contributed by atoms with van der Waals surface area (Å²) in [5, 5.41) is 3.51. The minimum Gasteiger partial charge on any atom is -0.351 e. The summed E-state index contributed by atoms with van der Waals surface area (Å²) in [4.78, 5) is 11.4. The Balaban J connectivity index is 2.63. The van der Waals surface area contributed by atoms with E-state index in [2.05, 4.69) is 12.2 Å². The van der Waals surface area contributed by atoms with Crippen molar-refractivity contribution < 1.29 is 4.79 Å². The third kappa shape index (κ3) is 1.31. The second kappa shape index (κ2) is 3.04. The molecule has 0 saturated carbocycles. The fourth-order valence-corrected chi connectivity index (χ4v) is 2.04. The summed E-state index contributed by atoms with van der Waals surface area (Å²) in [5.41, 5.74) is 1.69. The van der Waals surface area contributed by atoms with Gasteiger partial charge in [0.15, 0.2) is 0 Å². The molecule has 1 N–H and O–H groups in total. The second-order valence-corrected chi connectivity index (χ2v) is 3.72. The molecular weight excluding hydrogens is 186 g/mol. The van der Waals surface area contributed by atoms with E-state index >= 15 is 0 Å². The summed E-state index contributed by atoms with van der Waals surface area (Å²) in [6, 6.07) is 5.44. The highest BCUT2D eigenvalue weighted by Gasteiger charge is 2.23. The van der Waals surface area contributed by atoms with Crippen LogP contribution in [-0.4, -0.2) is 12.5 Å². The zero-order chi connectivity index (χ0) is 9.42. The van der Waals surface area contributed by atoms with Gasteiger partial charge in [-0.05, 0) is 17.7 Å². The predicted molar refractivity (Wildman–Crippen MR) is 52.2 cm³/mol. The van der Waals surface area contributed by atoms with Crippen molar-refractivity contribution in [3.8, 4) is 0 Å². The minimum atomic E-state index is -0.0180. The molecule has 0 bridgehead atoms. The molecular formula is C10H10ClNO. The van der Waals surface area contributed by atoms with E-state index in [0.29, 0.717) is 23.0 Å². The van der Waals surface area contributed by atoms with E-state index in [-0.39, 0.29) is 5.91 Å². The molecule has 13 heavy (non-hydrogen) atoms. The van der Waals surface area contributed by atoms with Gasteiger partial charge in [0.05, 0.1) is 0 Å². The van der Waals surface area contributed by atoms with Gasteiger partial charge in [0.25, 0.3) is 5.91 Å². The first kappa shape index (κ1) is 8.57. The molecule has 68 valence electrons. The molecule has 1 aromatic rings. The fraction of sp³-hybridized carbons (Fsp3) is 0.300. The first-order valence-electron chi connectivity index (χ1n) is 4.26. The molecule has 0 radical (unpaired) electrons. The van der Waals surface area contributed by atoms with Gasteiger partial charge in [-0.15, -0.1) is 0 Å². The third-order valence-corrected chi connectivity index (χ3v) is 2.69. The number of benzene rings is 1. The lowest BCUT2D eigenvalue weighted by molar-refractivity contribution is 0.0941. The molecule has 3 heteroatoms. The highest BCUT2D eigenvalue weighted by molar-refractivity contribution is 6.32. The molecule has 2 nitrogen and oxygen atoms in total. The third-order valence-electron chi connectivity index (χ3n) is 2.36. The number of fused-ring (bicyclic) bond motifs is 1. The summed E-state index contributed by atoms with van der Waals surface area (Å²) in [6.07, 6.45) is 0. The van der Waals surface area contributed by atoms with Crippen molar-refractivity contribution in [3.63, 3.8) is 0 Å². The zero-order valence-corrected chi connectivity index (χ0v) is 8.06. The van der Waals surface area contributed by atoms with Crippen LogP contribution in [0.2, 0.25) is 5.02 Å². The fourth-order valence-electron chi connectivity index (χ4n) is 1.68. The van der Waals surface area contributed by atoms with Crippen molar-refractivity contribution >= 4 is 17.5 Å². The van der Waals surface area contributed by atoms with Crippen LogP contribution in [0, 0.1) is 0 Å². The van der Waals surface area contributed by atoms with E-state index in [1.807, 2.05) is 12.1 Å². The van der Waals surface area contributed by atoms with Crippen molar-refractivity contribution in [1.29, 1.82) is 0 Å². The monoisotopic (exact) mass is 195 g/mol. The van der Waals surface area contributed by atoms with Gasteiger partial charge < -0.3 is 5.32 Å². The van der Waals surface area contributed by atoms with Crippen molar-refractivity contribution in [2.24, 2.45) is 0 Å². The van der Waals surface area contributed by atoms with E-state index < -0.39 is 0 Å².